The Labute approximate surface area is 178 Å². The molecule has 1 aromatic carbocycles. The lowest BCUT2D eigenvalue weighted by Gasteiger charge is -2.37. The molecular formula is C22H35FN4O3. The van der Waals surface area contributed by atoms with E-state index in [2.05, 4.69) is 17.1 Å². The standard InChI is InChI=1S/C22H35FN4O3/c1-17-7-10-27(11-8-17)22(29)24-9-6-18(28)16-25-12-14-26(15-13-25)19-4-3-5-20(30-2)21(19)23/h3-5,17-18,28H,6-16H2,1-2H3,(H,24,29). The van der Waals surface area contributed by atoms with Gasteiger partial charge in [0.1, 0.15) is 0 Å². The molecular weight excluding hydrogens is 387 g/mol. The fraction of sp³-hybridized carbons (Fsp3) is 0.682. The molecule has 2 aliphatic heterocycles. The van der Waals surface area contributed by atoms with E-state index in [9.17, 15) is 14.3 Å². The number of hydrogen-bond donors (Lipinski definition) is 2. The number of amides is 2. The van der Waals surface area contributed by atoms with E-state index >= 15 is 0 Å². The Hall–Kier alpha value is -2.06. The quantitative estimate of drug-likeness (QED) is 0.705. The van der Waals surface area contributed by atoms with Gasteiger partial charge in [-0.3, -0.25) is 4.90 Å². The van der Waals surface area contributed by atoms with E-state index in [1.54, 1.807) is 18.2 Å². The summed E-state index contributed by atoms with van der Waals surface area (Å²) in [4.78, 5) is 18.3. The Balaban J connectivity index is 1.35. The first-order chi connectivity index (χ1) is 14.5. The monoisotopic (exact) mass is 422 g/mol. The van der Waals surface area contributed by atoms with Crippen molar-refractivity contribution in [3.8, 4) is 5.75 Å². The molecule has 7 nitrogen and oxygen atoms in total. The maximum atomic E-state index is 14.5. The summed E-state index contributed by atoms with van der Waals surface area (Å²) in [5.41, 5.74) is 0.560. The molecule has 2 heterocycles. The first-order valence-corrected chi connectivity index (χ1v) is 11.0. The Morgan fingerprint density at radius 3 is 2.60 bits per heavy atom. The summed E-state index contributed by atoms with van der Waals surface area (Å²) in [5, 5.41) is 13.3. The van der Waals surface area contributed by atoms with Gasteiger partial charge in [-0.25, -0.2) is 9.18 Å². The summed E-state index contributed by atoms with van der Waals surface area (Å²) in [6, 6.07) is 5.17. The lowest BCUT2D eigenvalue weighted by molar-refractivity contribution is 0.101. The van der Waals surface area contributed by atoms with Crippen LogP contribution in [-0.2, 0) is 0 Å². The van der Waals surface area contributed by atoms with Crippen molar-refractivity contribution in [2.75, 3.05) is 64.4 Å². The van der Waals surface area contributed by atoms with Crippen LogP contribution >= 0.6 is 0 Å². The van der Waals surface area contributed by atoms with Crippen LogP contribution in [0.1, 0.15) is 26.2 Å². The molecule has 0 radical (unpaired) electrons. The zero-order valence-corrected chi connectivity index (χ0v) is 18.1. The topological polar surface area (TPSA) is 68.3 Å². The molecule has 0 spiro atoms. The highest BCUT2D eigenvalue weighted by Gasteiger charge is 2.23. The Morgan fingerprint density at radius 2 is 1.93 bits per heavy atom. The number of methoxy groups -OCH3 is 1. The number of piperazine rings is 1. The molecule has 2 N–H and O–H groups in total. The maximum Gasteiger partial charge on any atom is 0.317 e. The average Bonchev–Trinajstić information content (AvgIpc) is 2.75. The summed E-state index contributed by atoms with van der Waals surface area (Å²) in [5.74, 6) is 0.621. The van der Waals surface area contributed by atoms with Crippen molar-refractivity contribution >= 4 is 11.7 Å². The molecule has 2 saturated heterocycles. The van der Waals surface area contributed by atoms with Crippen molar-refractivity contribution in [2.24, 2.45) is 5.92 Å². The van der Waals surface area contributed by atoms with Gasteiger partial charge in [-0.05, 0) is 37.3 Å². The number of halogens is 1. The van der Waals surface area contributed by atoms with Crippen LogP contribution in [-0.4, -0.2) is 86.5 Å². The number of β-amino-alcohol motifs (C(OH)–C–C–N with tert-alkyl or cyclic N) is 1. The highest BCUT2D eigenvalue weighted by atomic mass is 19.1. The molecule has 30 heavy (non-hydrogen) atoms. The number of nitrogens with zero attached hydrogens (tertiary/aromatic N) is 3. The molecule has 0 aromatic heterocycles. The fourth-order valence-electron chi connectivity index (χ4n) is 4.13. The van der Waals surface area contributed by atoms with E-state index in [0.717, 1.165) is 39.0 Å². The van der Waals surface area contributed by atoms with Gasteiger partial charge < -0.3 is 25.0 Å². The second-order valence-corrected chi connectivity index (χ2v) is 8.43. The highest BCUT2D eigenvalue weighted by molar-refractivity contribution is 5.74. The van der Waals surface area contributed by atoms with E-state index in [0.29, 0.717) is 44.2 Å². The molecule has 1 atom stereocenters. The summed E-state index contributed by atoms with van der Waals surface area (Å²) >= 11 is 0. The van der Waals surface area contributed by atoms with Gasteiger partial charge in [0.15, 0.2) is 11.6 Å². The third-order valence-corrected chi connectivity index (χ3v) is 6.17. The minimum atomic E-state index is -0.494. The van der Waals surface area contributed by atoms with Gasteiger partial charge in [-0.15, -0.1) is 0 Å². The lowest BCUT2D eigenvalue weighted by atomic mass is 10.00. The molecule has 0 bridgehead atoms. The van der Waals surface area contributed by atoms with Crippen LogP contribution in [0.3, 0.4) is 0 Å². The number of urea groups is 1. The first kappa shape index (κ1) is 22.6. The zero-order chi connectivity index (χ0) is 21.5. The molecule has 2 aliphatic rings. The molecule has 0 aliphatic carbocycles. The third kappa shape index (κ3) is 5.98. The number of benzene rings is 1. The summed E-state index contributed by atoms with van der Waals surface area (Å²) in [7, 11) is 1.47. The second kappa shape index (κ2) is 10.8. The Morgan fingerprint density at radius 1 is 1.23 bits per heavy atom. The van der Waals surface area contributed by atoms with Gasteiger partial charge >= 0.3 is 6.03 Å². The fourth-order valence-corrected chi connectivity index (χ4v) is 4.13. The number of nitrogens with one attached hydrogen (secondary N) is 1. The number of aliphatic hydroxyl groups excluding tert-OH is 1. The highest BCUT2D eigenvalue weighted by Crippen LogP contribution is 2.28. The summed E-state index contributed by atoms with van der Waals surface area (Å²) < 4.78 is 19.5. The van der Waals surface area contributed by atoms with E-state index in [-0.39, 0.29) is 17.6 Å². The van der Waals surface area contributed by atoms with Crippen molar-refractivity contribution in [1.82, 2.24) is 15.1 Å². The normalized spacial score (nSPS) is 19.6. The molecule has 1 aromatic rings. The van der Waals surface area contributed by atoms with Crippen molar-refractivity contribution < 1.29 is 19.0 Å². The van der Waals surface area contributed by atoms with Gasteiger partial charge in [0.25, 0.3) is 0 Å². The zero-order valence-electron chi connectivity index (χ0n) is 18.1. The van der Waals surface area contributed by atoms with Crippen LogP contribution in [0.2, 0.25) is 0 Å². The van der Waals surface area contributed by atoms with Crippen molar-refractivity contribution in [1.29, 1.82) is 0 Å². The lowest BCUT2D eigenvalue weighted by Crippen LogP contribution is -2.49. The number of hydrogen-bond acceptors (Lipinski definition) is 5. The number of aliphatic hydroxyl groups is 1. The van der Waals surface area contributed by atoms with Gasteiger partial charge in [0, 0.05) is 52.4 Å². The largest absolute Gasteiger partial charge is 0.494 e. The molecule has 168 valence electrons. The SMILES string of the molecule is COc1cccc(N2CCN(CC(O)CCNC(=O)N3CCC(C)CC3)CC2)c1F. The Bertz CT molecular complexity index is 689. The Kier molecular flexibility index (Phi) is 8.16. The number of carbonyl (C=O) groups is 1. The third-order valence-electron chi connectivity index (χ3n) is 6.17. The number of ether oxygens (including phenoxy) is 1. The van der Waals surface area contributed by atoms with E-state index < -0.39 is 6.10 Å². The van der Waals surface area contributed by atoms with Crippen molar-refractivity contribution in [3.63, 3.8) is 0 Å². The smallest absolute Gasteiger partial charge is 0.317 e. The van der Waals surface area contributed by atoms with Gasteiger partial charge in [-0.2, -0.15) is 0 Å². The molecule has 1 unspecified atom stereocenters. The van der Waals surface area contributed by atoms with Crippen LogP contribution in [0.25, 0.3) is 0 Å². The van der Waals surface area contributed by atoms with Crippen LogP contribution in [0.15, 0.2) is 18.2 Å². The van der Waals surface area contributed by atoms with Crippen molar-refractivity contribution in [3.05, 3.63) is 24.0 Å². The van der Waals surface area contributed by atoms with Gasteiger partial charge in [0.2, 0.25) is 0 Å². The number of rotatable bonds is 7. The van der Waals surface area contributed by atoms with Gasteiger partial charge in [0.05, 0.1) is 18.9 Å². The van der Waals surface area contributed by atoms with Crippen LogP contribution in [0.4, 0.5) is 14.9 Å². The van der Waals surface area contributed by atoms with E-state index in [1.165, 1.54) is 7.11 Å². The number of anilines is 1. The maximum absolute atomic E-state index is 14.5. The molecule has 8 heteroatoms. The average molecular weight is 423 g/mol. The molecule has 0 saturated carbocycles. The van der Waals surface area contributed by atoms with Crippen molar-refractivity contribution in [2.45, 2.75) is 32.3 Å². The second-order valence-electron chi connectivity index (χ2n) is 8.43. The van der Waals surface area contributed by atoms with E-state index in [1.807, 2.05) is 9.80 Å². The minimum absolute atomic E-state index is 0.0250. The number of carbonyl (C=O) groups excluding carboxylic acids is 1. The number of piperidine rings is 1. The molecule has 2 fully saturated rings. The predicted octanol–water partition coefficient (Wildman–Crippen LogP) is 2.15. The first-order valence-electron chi connectivity index (χ1n) is 11.0. The van der Waals surface area contributed by atoms with E-state index in [4.69, 9.17) is 4.74 Å². The predicted molar refractivity (Wildman–Crippen MR) is 116 cm³/mol. The molecule has 2 amide bonds. The van der Waals surface area contributed by atoms with Crippen LogP contribution in [0.5, 0.6) is 5.75 Å². The summed E-state index contributed by atoms with van der Waals surface area (Å²) in [6.07, 6.45) is 2.15. The minimum Gasteiger partial charge on any atom is -0.494 e. The molecule has 3 rings (SSSR count). The number of likely N-dealkylation sites (tertiary alicyclic amines) is 1. The summed E-state index contributed by atoms with van der Waals surface area (Å²) in [6.45, 7) is 7.78. The van der Waals surface area contributed by atoms with Gasteiger partial charge in [-0.1, -0.05) is 13.0 Å². The van der Waals surface area contributed by atoms with Crippen LogP contribution in [0, 0.1) is 11.7 Å². The van der Waals surface area contributed by atoms with Crippen LogP contribution < -0.4 is 15.0 Å².